The summed E-state index contributed by atoms with van der Waals surface area (Å²) < 4.78 is 14.7. The minimum absolute atomic E-state index is 0.0361. The maximum absolute atomic E-state index is 13.2. The Balaban J connectivity index is 1.97. The first kappa shape index (κ1) is 17.0. The highest BCUT2D eigenvalue weighted by molar-refractivity contribution is 6.34. The summed E-state index contributed by atoms with van der Waals surface area (Å²) in [5.74, 6) is 0.601. The average Bonchev–Trinajstić information content (AvgIpc) is 2.86. The topological polar surface area (TPSA) is 72.7 Å². The number of nitrogens with one attached hydrogen (secondary N) is 1. The van der Waals surface area contributed by atoms with Gasteiger partial charge in [-0.25, -0.2) is 14.4 Å². The Morgan fingerprint density at radius 2 is 1.88 bits per heavy atom. The highest BCUT2D eigenvalue weighted by Gasteiger charge is 2.16. The van der Waals surface area contributed by atoms with Crippen molar-refractivity contribution in [1.82, 2.24) is 19.7 Å². The molecule has 0 saturated carbocycles. The summed E-state index contributed by atoms with van der Waals surface area (Å²) in [6.45, 7) is 5.44. The van der Waals surface area contributed by atoms with Gasteiger partial charge in [-0.2, -0.15) is 9.78 Å². The van der Waals surface area contributed by atoms with Crippen LogP contribution in [0.1, 0.15) is 27.6 Å². The SMILES string of the molecule is Cc1cc(-n2nc(C)cc2NC(=O)c2ccc(F)cc2Cl)nc(C)n1. The highest BCUT2D eigenvalue weighted by atomic mass is 35.5. The van der Waals surface area contributed by atoms with E-state index in [1.807, 2.05) is 6.92 Å². The second-order valence-corrected chi connectivity index (χ2v) is 5.98. The summed E-state index contributed by atoms with van der Waals surface area (Å²) >= 11 is 5.95. The van der Waals surface area contributed by atoms with Crippen molar-refractivity contribution in [1.29, 1.82) is 0 Å². The molecule has 128 valence electrons. The molecule has 0 saturated heterocycles. The van der Waals surface area contributed by atoms with Gasteiger partial charge in [0.1, 0.15) is 17.5 Å². The molecule has 0 aliphatic carbocycles. The van der Waals surface area contributed by atoms with E-state index in [1.54, 1.807) is 26.0 Å². The second kappa shape index (κ2) is 6.60. The van der Waals surface area contributed by atoms with E-state index in [1.165, 1.54) is 16.8 Å². The van der Waals surface area contributed by atoms with Gasteiger partial charge in [-0.3, -0.25) is 4.79 Å². The zero-order valence-electron chi connectivity index (χ0n) is 13.8. The smallest absolute Gasteiger partial charge is 0.258 e. The minimum Gasteiger partial charge on any atom is -0.306 e. The predicted molar refractivity (Wildman–Crippen MR) is 92.7 cm³/mol. The Labute approximate surface area is 148 Å². The lowest BCUT2D eigenvalue weighted by Crippen LogP contribution is -2.16. The molecule has 2 heterocycles. The number of nitrogens with zero attached hydrogens (tertiary/aromatic N) is 4. The van der Waals surface area contributed by atoms with E-state index in [-0.39, 0.29) is 10.6 Å². The first-order chi connectivity index (χ1) is 11.8. The van der Waals surface area contributed by atoms with Gasteiger partial charge in [0.15, 0.2) is 5.82 Å². The van der Waals surface area contributed by atoms with Crippen LogP contribution in [0.25, 0.3) is 5.82 Å². The molecule has 0 unspecified atom stereocenters. The quantitative estimate of drug-likeness (QED) is 0.775. The molecule has 1 aromatic carbocycles. The molecule has 2 aromatic heterocycles. The molecular weight excluding hydrogens is 345 g/mol. The van der Waals surface area contributed by atoms with Crippen LogP contribution in [0, 0.1) is 26.6 Å². The van der Waals surface area contributed by atoms with Gasteiger partial charge in [0.2, 0.25) is 0 Å². The van der Waals surface area contributed by atoms with E-state index < -0.39 is 11.7 Å². The lowest BCUT2D eigenvalue weighted by atomic mass is 10.2. The van der Waals surface area contributed by atoms with Crippen LogP contribution in [0.4, 0.5) is 10.2 Å². The zero-order valence-corrected chi connectivity index (χ0v) is 14.6. The van der Waals surface area contributed by atoms with Gasteiger partial charge in [-0.15, -0.1) is 0 Å². The van der Waals surface area contributed by atoms with Gasteiger partial charge in [-0.1, -0.05) is 11.6 Å². The normalized spacial score (nSPS) is 10.8. The molecule has 1 N–H and O–H groups in total. The molecule has 0 fully saturated rings. The Bertz CT molecular complexity index is 949. The molecule has 0 aliphatic heterocycles. The number of amides is 1. The molecule has 0 aliphatic rings. The average molecular weight is 360 g/mol. The summed E-state index contributed by atoms with van der Waals surface area (Å²) in [4.78, 5) is 21.1. The number of aromatic nitrogens is 4. The monoisotopic (exact) mass is 359 g/mol. The van der Waals surface area contributed by atoms with Gasteiger partial charge in [0.05, 0.1) is 16.3 Å². The Hall–Kier alpha value is -2.80. The predicted octanol–water partition coefficient (Wildman–Crippen LogP) is 3.63. The number of benzene rings is 1. The minimum atomic E-state index is -0.505. The first-order valence-corrected chi connectivity index (χ1v) is 7.87. The van der Waals surface area contributed by atoms with Crippen LogP contribution in [0.15, 0.2) is 30.3 Å². The number of halogens is 2. The molecule has 0 radical (unpaired) electrons. The number of rotatable bonds is 3. The molecule has 0 spiro atoms. The number of carbonyl (C=O) groups excluding carboxylic acids is 1. The maximum atomic E-state index is 13.2. The van der Waals surface area contributed by atoms with Crippen LogP contribution in [-0.2, 0) is 0 Å². The molecule has 0 atom stereocenters. The highest BCUT2D eigenvalue weighted by Crippen LogP contribution is 2.21. The standard InChI is InChI=1S/C17H15ClFN5O/c1-9-6-15(21-11(3)20-9)24-16(7-10(2)23-24)22-17(25)13-5-4-12(19)8-14(13)18/h4-8H,1-3H3,(H,22,25). The third-order valence-electron chi connectivity index (χ3n) is 3.42. The summed E-state index contributed by atoms with van der Waals surface area (Å²) in [6, 6.07) is 7.08. The van der Waals surface area contributed by atoms with Crippen molar-refractivity contribution in [2.24, 2.45) is 0 Å². The summed E-state index contributed by atoms with van der Waals surface area (Å²) in [5.41, 5.74) is 1.66. The van der Waals surface area contributed by atoms with Crippen molar-refractivity contribution in [3.63, 3.8) is 0 Å². The molecular formula is C17H15ClFN5O. The van der Waals surface area contributed by atoms with Crippen molar-refractivity contribution >= 4 is 23.3 Å². The summed E-state index contributed by atoms with van der Waals surface area (Å²) in [5, 5.41) is 7.14. The fourth-order valence-electron chi connectivity index (χ4n) is 2.43. The number of carbonyl (C=O) groups is 1. The van der Waals surface area contributed by atoms with Crippen LogP contribution < -0.4 is 5.32 Å². The van der Waals surface area contributed by atoms with E-state index in [4.69, 9.17) is 11.6 Å². The third-order valence-corrected chi connectivity index (χ3v) is 3.73. The van der Waals surface area contributed by atoms with Gasteiger partial charge in [0.25, 0.3) is 5.91 Å². The van der Waals surface area contributed by atoms with Crippen molar-refractivity contribution < 1.29 is 9.18 Å². The van der Waals surface area contributed by atoms with Crippen LogP contribution in [-0.4, -0.2) is 25.7 Å². The number of anilines is 1. The summed E-state index contributed by atoms with van der Waals surface area (Å²) in [7, 11) is 0. The molecule has 25 heavy (non-hydrogen) atoms. The molecule has 3 aromatic rings. The molecule has 0 bridgehead atoms. The molecule has 6 nitrogen and oxygen atoms in total. The lowest BCUT2D eigenvalue weighted by Gasteiger charge is -2.10. The van der Waals surface area contributed by atoms with Gasteiger partial charge < -0.3 is 5.32 Å². The first-order valence-electron chi connectivity index (χ1n) is 7.49. The molecule has 3 rings (SSSR count). The van der Waals surface area contributed by atoms with Crippen molar-refractivity contribution in [2.75, 3.05) is 5.32 Å². The second-order valence-electron chi connectivity index (χ2n) is 5.58. The maximum Gasteiger partial charge on any atom is 0.258 e. The number of hydrogen-bond donors (Lipinski definition) is 1. The van der Waals surface area contributed by atoms with Gasteiger partial charge >= 0.3 is 0 Å². The third kappa shape index (κ3) is 3.66. The number of aryl methyl sites for hydroxylation is 3. The van der Waals surface area contributed by atoms with Gasteiger partial charge in [-0.05, 0) is 39.0 Å². The Kier molecular flexibility index (Phi) is 4.50. The van der Waals surface area contributed by atoms with E-state index in [9.17, 15) is 9.18 Å². The van der Waals surface area contributed by atoms with Crippen molar-refractivity contribution in [3.05, 3.63) is 63.9 Å². The fourth-order valence-corrected chi connectivity index (χ4v) is 2.68. The van der Waals surface area contributed by atoms with E-state index in [0.29, 0.717) is 23.2 Å². The molecule has 1 amide bonds. The van der Waals surface area contributed by atoms with Crippen LogP contribution in [0.2, 0.25) is 5.02 Å². The van der Waals surface area contributed by atoms with Crippen LogP contribution in [0.5, 0.6) is 0 Å². The van der Waals surface area contributed by atoms with E-state index >= 15 is 0 Å². The lowest BCUT2D eigenvalue weighted by molar-refractivity contribution is 0.102. The van der Waals surface area contributed by atoms with E-state index in [0.717, 1.165) is 11.8 Å². The number of hydrogen-bond acceptors (Lipinski definition) is 4. The Morgan fingerprint density at radius 3 is 2.56 bits per heavy atom. The Morgan fingerprint density at radius 1 is 1.12 bits per heavy atom. The van der Waals surface area contributed by atoms with Gasteiger partial charge in [0, 0.05) is 17.8 Å². The van der Waals surface area contributed by atoms with Crippen molar-refractivity contribution in [2.45, 2.75) is 20.8 Å². The van der Waals surface area contributed by atoms with Crippen molar-refractivity contribution in [3.8, 4) is 5.82 Å². The zero-order chi connectivity index (χ0) is 18.1. The van der Waals surface area contributed by atoms with E-state index in [2.05, 4.69) is 20.4 Å². The molecule has 8 heteroatoms. The summed E-state index contributed by atoms with van der Waals surface area (Å²) in [6.07, 6.45) is 0. The fraction of sp³-hybridized carbons (Fsp3) is 0.176. The van der Waals surface area contributed by atoms with Crippen LogP contribution in [0.3, 0.4) is 0 Å². The largest absolute Gasteiger partial charge is 0.306 e. The van der Waals surface area contributed by atoms with Crippen LogP contribution >= 0.6 is 11.6 Å².